The van der Waals surface area contributed by atoms with Gasteiger partial charge in [-0.3, -0.25) is 0 Å². The van der Waals surface area contributed by atoms with E-state index in [2.05, 4.69) is 6.92 Å². The lowest BCUT2D eigenvalue weighted by molar-refractivity contribution is -0.145. The van der Waals surface area contributed by atoms with Gasteiger partial charge < -0.3 is 4.74 Å². The van der Waals surface area contributed by atoms with Crippen LogP contribution in [0.25, 0.3) is 11.1 Å². The Labute approximate surface area is 223 Å². The van der Waals surface area contributed by atoms with Gasteiger partial charge in [0.2, 0.25) is 0 Å². The van der Waals surface area contributed by atoms with Gasteiger partial charge in [0.05, 0.1) is 6.61 Å². The summed E-state index contributed by atoms with van der Waals surface area (Å²) in [7, 11) is 0. The third kappa shape index (κ3) is 11.7. The molecule has 0 aliphatic heterocycles. The molecule has 2 aromatic carbocycles. The van der Waals surface area contributed by atoms with Gasteiger partial charge in [-0.15, -0.1) is 0 Å². The van der Waals surface area contributed by atoms with Gasteiger partial charge in [-0.2, -0.15) is 17.6 Å². The fraction of sp³-hybridized carbons (Fsp3) is 0.600. The number of unbranched alkanes of at least 4 members (excludes halogenated alkanes) is 12. The molecular weight excluding hydrogens is 532 g/mol. The van der Waals surface area contributed by atoms with Gasteiger partial charge in [0.1, 0.15) is 5.75 Å². The minimum absolute atomic E-state index is 0.153. The van der Waals surface area contributed by atoms with Crippen molar-refractivity contribution in [2.75, 3.05) is 6.61 Å². The quantitative estimate of drug-likeness (QED) is 0.0923. The SMILES string of the molecule is CCCCCCCCCCCCCCCOc1ccc(-c2ccc(CC(F)(F)C(F)(F)Br)cc2)cc1. The van der Waals surface area contributed by atoms with E-state index < -0.39 is 17.2 Å². The molecule has 0 N–H and O–H groups in total. The molecule has 0 fully saturated rings. The average Bonchev–Trinajstić information content (AvgIpc) is 2.84. The summed E-state index contributed by atoms with van der Waals surface area (Å²) in [6.45, 7) is 2.95. The minimum Gasteiger partial charge on any atom is -0.494 e. The lowest BCUT2D eigenvalue weighted by atomic mass is 10.0. The Kier molecular flexibility index (Phi) is 13.9. The third-order valence-corrected chi connectivity index (χ3v) is 7.08. The van der Waals surface area contributed by atoms with E-state index in [4.69, 9.17) is 4.74 Å². The third-order valence-electron chi connectivity index (χ3n) is 6.50. The van der Waals surface area contributed by atoms with E-state index in [-0.39, 0.29) is 5.56 Å². The summed E-state index contributed by atoms with van der Waals surface area (Å²) in [6.07, 6.45) is 16.1. The second-order valence-corrected chi connectivity index (χ2v) is 10.7. The highest BCUT2D eigenvalue weighted by Crippen LogP contribution is 2.41. The van der Waals surface area contributed by atoms with E-state index in [1.54, 1.807) is 28.1 Å². The standard InChI is InChI=1S/C30H41BrF4O/c1-2-3-4-5-6-7-8-9-10-11-12-13-14-23-36-28-21-19-27(20-22-28)26-17-15-25(16-18-26)24-29(32,33)30(31,34)35/h15-22H,2-14,23-24H2,1H3. The van der Waals surface area contributed by atoms with Crippen molar-refractivity contribution in [1.29, 1.82) is 0 Å². The van der Waals surface area contributed by atoms with Crippen molar-refractivity contribution >= 4 is 15.9 Å². The van der Waals surface area contributed by atoms with Gasteiger partial charge in [-0.05, 0) is 51.2 Å². The van der Waals surface area contributed by atoms with Crippen molar-refractivity contribution < 1.29 is 22.3 Å². The molecule has 0 aliphatic rings. The molecule has 0 spiro atoms. The molecule has 36 heavy (non-hydrogen) atoms. The zero-order valence-corrected chi connectivity index (χ0v) is 23.1. The lowest BCUT2D eigenvalue weighted by Gasteiger charge is -2.21. The summed E-state index contributed by atoms with van der Waals surface area (Å²) in [4.78, 5) is -4.23. The first-order valence-corrected chi connectivity index (χ1v) is 14.3. The number of benzene rings is 2. The molecule has 2 rings (SSSR count). The van der Waals surface area contributed by atoms with Crippen LogP contribution in [0.1, 0.15) is 96.0 Å². The van der Waals surface area contributed by atoms with E-state index in [0.29, 0.717) is 6.61 Å². The summed E-state index contributed by atoms with van der Waals surface area (Å²) >= 11 is 1.77. The largest absolute Gasteiger partial charge is 0.494 e. The predicted octanol–water partition coefficient (Wildman–Crippen LogP) is 11.0. The summed E-state index contributed by atoms with van der Waals surface area (Å²) < 4.78 is 58.9. The highest BCUT2D eigenvalue weighted by molar-refractivity contribution is 9.10. The van der Waals surface area contributed by atoms with Crippen LogP contribution >= 0.6 is 15.9 Å². The molecule has 0 aliphatic carbocycles. The molecular formula is C30H41BrF4O. The molecule has 0 unspecified atom stereocenters. The minimum atomic E-state index is -4.23. The maximum atomic E-state index is 13.6. The molecule has 0 bridgehead atoms. The zero-order chi connectivity index (χ0) is 26.3. The van der Waals surface area contributed by atoms with E-state index in [0.717, 1.165) is 23.3 Å². The molecule has 6 heteroatoms. The van der Waals surface area contributed by atoms with Gasteiger partial charge in [0, 0.05) is 6.42 Å². The van der Waals surface area contributed by atoms with Crippen molar-refractivity contribution in [3.63, 3.8) is 0 Å². The normalized spacial score (nSPS) is 12.2. The second kappa shape index (κ2) is 16.3. The van der Waals surface area contributed by atoms with Crippen molar-refractivity contribution in [1.82, 2.24) is 0 Å². The van der Waals surface area contributed by atoms with E-state index in [1.807, 2.05) is 24.3 Å². The Hall–Kier alpha value is -1.56. The summed E-state index contributed by atoms with van der Waals surface area (Å²) in [5, 5.41) is 0. The number of hydrogen-bond donors (Lipinski definition) is 0. The summed E-state index contributed by atoms with van der Waals surface area (Å²) in [6, 6.07) is 13.9. The van der Waals surface area contributed by atoms with Crippen LogP contribution < -0.4 is 4.74 Å². The molecule has 0 radical (unpaired) electrons. The first-order chi connectivity index (χ1) is 17.2. The van der Waals surface area contributed by atoms with Crippen LogP contribution in [0.4, 0.5) is 17.6 Å². The van der Waals surface area contributed by atoms with E-state index in [9.17, 15) is 17.6 Å². The molecule has 1 nitrogen and oxygen atoms in total. The Morgan fingerprint density at radius 2 is 1.03 bits per heavy atom. The highest BCUT2D eigenvalue weighted by Gasteiger charge is 2.53. The summed E-state index contributed by atoms with van der Waals surface area (Å²) in [5.74, 6) is -3.35. The number of rotatable bonds is 19. The van der Waals surface area contributed by atoms with Gasteiger partial charge >= 0.3 is 10.8 Å². The molecule has 202 valence electrons. The van der Waals surface area contributed by atoms with Crippen LogP contribution in [-0.2, 0) is 6.42 Å². The smallest absolute Gasteiger partial charge is 0.363 e. The Morgan fingerprint density at radius 3 is 1.47 bits per heavy atom. The topological polar surface area (TPSA) is 9.23 Å². The van der Waals surface area contributed by atoms with Crippen molar-refractivity contribution in [2.45, 2.75) is 108 Å². The van der Waals surface area contributed by atoms with Crippen molar-refractivity contribution in [3.05, 3.63) is 54.1 Å². The molecule has 0 aromatic heterocycles. The van der Waals surface area contributed by atoms with E-state index in [1.165, 1.54) is 89.2 Å². The van der Waals surface area contributed by atoms with Gasteiger partial charge in [0.15, 0.2) is 0 Å². The van der Waals surface area contributed by atoms with Crippen LogP contribution in [-0.4, -0.2) is 17.4 Å². The number of hydrogen-bond acceptors (Lipinski definition) is 1. The van der Waals surface area contributed by atoms with Gasteiger partial charge in [-0.1, -0.05) is 120 Å². The zero-order valence-electron chi connectivity index (χ0n) is 21.5. The van der Waals surface area contributed by atoms with Crippen LogP contribution in [0.5, 0.6) is 5.75 Å². The Bertz CT molecular complexity index is 832. The molecule has 2 aromatic rings. The number of halogens is 5. The monoisotopic (exact) mass is 572 g/mol. The molecule has 0 saturated heterocycles. The molecule has 0 saturated carbocycles. The Morgan fingerprint density at radius 1 is 0.611 bits per heavy atom. The molecule has 0 amide bonds. The van der Waals surface area contributed by atoms with Gasteiger partial charge in [0.25, 0.3) is 0 Å². The molecule has 0 heterocycles. The number of ether oxygens (including phenoxy) is 1. The maximum Gasteiger partial charge on any atom is 0.363 e. The Balaban J connectivity index is 1.58. The van der Waals surface area contributed by atoms with Gasteiger partial charge in [-0.25, -0.2) is 0 Å². The highest BCUT2D eigenvalue weighted by atomic mass is 79.9. The predicted molar refractivity (Wildman–Crippen MR) is 146 cm³/mol. The summed E-state index contributed by atoms with van der Waals surface area (Å²) in [5.41, 5.74) is 1.89. The molecule has 0 atom stereocenters. The van der Waals surface area contributed by atoms with Crippen LogP contribution in [0, 0.1) is 0 Å². The van der Waals surface area contributed by atoms with Crippen LogP contribution in [0.2, 0.25) is 0 Å². The van der Waals surface area contributed by atoms with Crippen molar-refractivity contribution in [3.8, 4) is 16.9 Å². The maximum absolute atomic E-state index is 13.6. The average molecular weight is 574 g/mol. The fourth-order valence-corrected chi connectivity index (χ4v) is 4.37. The van der Waals surface area contributed by atoms with Crippen LogP contribution in [0.3, 0.4) is 0 Å². The fourth-order valence-electron chi connectivity index (χ4n) is 4.23. The number of alkyl halides is 5. The van der Waals surface area contributed by atoms with Crippen molar-refractivity contribution in [2.24, 2.45) is 0 Å². The second-order valence-electron chi connectivity index (χ2n) is 9.69. The lowest BCUT2D eigenvalue weighted by Crippen LogP contribution is -2.36. The first-order valence-electron chi connectivity index (χ1n) is 13.5. The van der Waals surface area contributed by atoms with Crippen LogP contribution in [0.15, 0.2) is 48.5 Å². The first kappa shape index (κ1) is 30.7. The van der Waals surface area contributed by atoms with E-state index >= 15 is 0 Å².